The first-order valence-corrected chi connectivity index (χ1v) is 12.4. The van der Waals surface area contributed by atoms with Crippen molar-refractivity contribution in [1.82, 2.24) is 39.2 Å². The third-order valence-corrected chi connectivity index (χ3v) is 5.18. The minimum atomic E-state index is 0. The number of likely N-dealkylation sites (N-methyl/N-ethyl adjacent to an activating group) is 6. The number of rotatable bonds is 18. The molecule has 0 rings (SSSR count). The SMILES string of the molecule is CN(C)CCN(CCN(C)C)CCN(C)C.CN(C)CCN(CCN(C)C)CCN(C)C.OO.[Cu].[Cu]. The summed E-state index contributed by atoms with van der Waals surface area (Å²) in [6.07, 6.45) is 0. The zero-order valence-corrected chi connectivity index (χ0v) is 27.4. The van der Waals surface area contributed by atoms with E-state index >= 15 is 0 Å². The van der Waals surface area contributed by atoms with Crippen molar-refractivity contribution in [2.45, 2.75) is 0 Å². The van der Waals surface area contributed by atoms with E-state index in [-0.39, 0.29) is 34.1 Å². The molecule has 2 N–H and O–H groups in total. The van der Waals surface area contributed by atoms with Gasteiger partial charge in [0.15, 0.2) is 0 Å². The van der Waals surface area contributed by atoms with Gasteiger partial charge in [-0.15, -0.1) is 0 Å². The van der Waals surface area contributed by atoms with Crippen LogP contribution in [0, 0.1) is 0 Å². The largest absolute Gasteiger partial charge is 0.308 e. The average molecular weight is 622 g/mol. The van der Waals surface area contributed by atoms with Gasteiger partial charge in [0.05, 0.1) is 0 Å². The van der Waals surface area contributed by atoms with Gasteiger partial charge in [0, 0.05) is 113 Å². The van der Waals surface area contributed by atoms with Crippen LogP contribution in [0.5, 0.6) is 0 Å². The fraction of sp³-hybridized carbons (Fsp3) is 1.00. The van der Waals surface area contributed by atoms with E-state index in [0.717, 1.165) is 78.5 Å². The molecule has 232 valence electrons. The van der Waals surface area contributed by atoms with E-state index in [2.05, 4.69) is 124 Å². The molecule has 0 aromatic rings. The Labute approximate surface area is 246 Å². The summed E-state index contributed by atoms with van der Waals surface area (Å²) in [6, 6.07) is 0. The predicted molar refractivity (Wildman–Crippen MR) is 149 cm³/mol. The Balaban J connectivity index is -0.000000158. The van der Waals surface area contributed by atoms with Crippen LogP contribution in [0.15, 0.2) is 0 Å². The van der Waals surface area contributed by atoms with Crippen molar-refractivity contribution in [2.24, 2.45) is 0 Å². The van der Waals surface area contributed by atoms with Gasteiger partial charge in [0.1, 0.15) is 0 Å². The van der Waals surface area contributed by atoms with Crippen LogP contribution in [0.2, 0.25) is 0 Å². The maximum atomic E-state index is 6.00. The smallest absolute Gasteiger partial charge is 0.0110 e. The van der Waals surface area contributed by atoms with E-state index in [4.69, 9.17) is 10.5 Å². The third kappa shape index (κ3) is 41.8. The monoisotopic (exact) mass is 620 g/mol. The summed E-state index contributed by atoms with van der Waals surface area (Å²) in [6.45, 7) is 13.8. The standard InChI is InChI=1S/2C12H30N4.2Cu.H2O2/c2*1-13(2)7-10-16(11-8-14(3)4)12-9-15(5)6;;;1-2/h2*7-12H2,1-6H3;;;1-2H. The summed E-state index contributed by atoms with van der Waals surface area (Å²) < 4.78 is 0. The molecule has 36 heavy (non-hydrogen) atoms. The topological polar surface area (TPSA) is 66.4 Å². The van der Waals surface area contributed by atoms with Gasteiger partial charge in [-0.25, -0.2) is 0 Å². The quantitative estimate of drug-likeness (QED) is 0.124. The molecule has 0 unspecified atom stereocenters. The van der Waals surface area contributed by atoms with E-state index in [9.17, 15) is 0 Å². The zero-order chi connectivity index (χ0) is 27.1. The molecule has 0 heterocycles. The van der Waals surface area contributed by atoms with Crippen molar-refractivity contribution < 1.29 is 44.7 Å². The van der Waals surface area contributed by atoms with Crippen LogP contribution in [-0.2, 0) is 34.1 Å². The Bertz CT molecular complexity index is 315. The maximum Gasteiger partial charge on any atom is 0.0110 e. The first-order chi connectivity index (χ1) is 15.8. The van der Waals surface area contributed by atoms with Gasteiger partial charge >= 0.3 is 0 Å². The molecule has 0 amide bonds. The first-order valence-electron chi connectivity index (χ1n) is 12.4. The molecular formula is C24H62Cu2N8O2. The number of hydrogen-bond donors (Lipinski definition) is 2. The molecule has 2 radical (unpaired) electrons. The molecule has 10 nitrogen and oxygen atoms in total. The van der Waals surface area contributed by atoms with Gasteiger partial charge in [-0.3, -0.25) is 20.3 Å². The van der Waals surface area contributed by atoms with Crippen LogP contribution in [0.1, 0.15) is 0 Å². The van der Waals surface area contributed by atoms with Crippen LogP contribution in [0.3, 0.4) is 0 Å². The van der Waals surface area contributed by atoms with Crippen LogP contribution in [0.4, 0.5) is 0 Å². The first kappa shape index (κ1) is 46.5. The fourth-order valence-electron chi connectivity index (χ4n) is 2.72. The van der Waals surface area contributed by atoms with Crippen molar-refractivity contribution in [2.75, 3.05) is 163 Å². The summed E-state index contributed by atoms with van der Waals surface area (Å²) in [5.41, 5.74) is 0. The molecule has 0 saturated heterocycles. The summed E-state index contributed by atoms with van der Waals surface area (Å²) in [7, 11) is 25.6. The summed E-state index contributed by atoms with van der Waals surface area (Å²) >= 11 is 0. The second-order valence-corrected chi connectivity index (χ2v) is 10.5. The molecule has 0 fully saturated rings. The van der Waals surface area contributed by atoms with Crippen molar-refractivity contribution in [1.29, 1.82) is 0 Å². The van der Waals surface area contributed by atoms with Gasteiger partial charge < -0.3 is 29.4 Å². The van der Waals surface area contributed by atoms with Gasteiger partial charge in [0.25, 0.3) is 0 Å². The normalized spacial score (nSPS) is 11.2. The number of nitrogens with zero attached hydrogens (tertiary/aromatic N) is 8. The van der Waals surface area contributed by atoms with E-state index in [1.807, 2.05) is 0 Å². The van der Waals surface area contributed by atoms with Gasteiger partial charge in [-0.1, -0.05) is 0 Å². The third-order valence-electron chi connectivity index (χ3n) is 5.18. The second-order valence-electron chi connectivity index (χ2n) is 10.5. The van der Waals surface area contributed by atoms with E-state index in [1.165, 1.54) is 0 Å². The van der Waals surface area contributed by atoms with Crippen LogP contribution < -0.4 is 0 Å². The Morgan fingerprint density at radius 1 is 0.278 bits per heavy atom. The van der Waals surface area contributed by atoms with Gasteiger partial charge in [-0.2, -0.15) is 0 Å². The van der Waals surface area contributed by atoms with Crippen molar-refractivity contribution >= 4 is 0 Å². The summed E-state index contributed by atoms with van der Waals surface area (Å²) in [5, 5.41) is 12.0. The van der Waals surface area contributed by atoms with Crippen LogP contribution in [0.25, 0.3) is 0 Å². The molecule has 0 atom stereocenters. The minimum Gasteiger partial charge on any atom is -0.308 e. The van der Waals surface area contributed by atoms with E-state index < -0.39 is 0 Å². The molecule has 0 aromatic carbocycles. The van der Waals surface area contributed by atoms with Gasteiger partial charge in [-0.05, 0) is 84.6 Å². The average Bonchev–Trinajstić information content (AvgIpc) is 2.73. The molecule has 0 aliphatic carbocycles. The second kappa shape index (κ2) is 31.9. The molecule has 0 spiro atoms. The Morgan fingerprint density at radius 3 is 0.472 bits per heavy atom. The minimum absolute atomic E-state index is 0. The molecule has 0 aliphatic heterocycles. The van der Waals surface area contributed by atoms with E-state index in [0.29, 0.717) is 0 Å². The van der Waals surface area contributed by atoms with Crippen molar-refractivity contribution in [3.63, 3.8) is 0 Å². The molecule has 12 heteroatoms. The molecular weight excluding hydrogens is 559 g/mol. The summed E-state index contributed by atoms with van der Waals surface area (Å²) in [4.78, 5) is 18.6. The van der Waals surface area contributed by atoms with Gasteiger partial charge in [0.2, 0.25) is 0 Å². The molecule has 0 saturated carbocycles. The molecule has 0 bridgehead atoms. The fourth-order valence-corrected chi connectivity index (χ4v) is 2.72. The van der Waals surface area contributed by atoms with Crippen molar-refractivity contribution in [3.05, 3.63) is 0 Å². The Morgan fingerprint density at radius 2 is 0.389 bits per heavy atom. The predicted octanol–water partition coefficient (Wildman–Crippen LogP) is -0.0412. The molecule has 0 aliphatic rings. The maximum absolute atomic E-state index is 6.00. The zero-order valence-electron chi connectivity index (χ0n) is 25.6. The summed E-state index contributed by atoms with van der Waals surface area (Å²) in [5.74, 6) is 0. The van der Waals surface area contributed by atoms with E-state index in [1.54, 1.807) is 0 Å². The van der Waals surface area contributed by atoms with Crippen LogP contribution >= 0.6 is 0 Å². The number of hydrogen-bond acceptors (Lipinski definition) is 10. The van der Waals surface area contributed by atoms with Crippen molar-refractivity contribution in [3.8, 4) is 0 Å². The van der Waals surface area contributed by atoms with Crippen LogP contribution in [-0.4, -0.2) is 213 Å². The Hall–Kier alpha value is 0.639. The Kier molecular flexibility index (Phi) is 41.1. The molecule has 0 aromatic heterocycles.